The van der Waals surface area contributed by atoms with Gasteiger partial charge in [-0.05, 0) is 48.7 Å². The molecule has 0 heterocycles. The molecule has 0 fully saturated rings. The summed E-state index contributed by atoms with van der Waals surface area (Å²) in [6, 6.07) is 0. The van der Waals surface area contributed by atoms with Crippen molar-refractivity contribution in [2.75, 3.05) is 23.0 Å². The second-order valence-corrected chi connectivity index (χ2v) is 10.7. The van der Waals surface area contributed by atoms with E-state index in [2.05, 4.69) is 37.4 Å². The maximum absolute atomic E-state index is 2.30. The highest BCUT2D eigenvalue weighted by atomic mass is 32.2. The summed E-state index contributed by atoms with van der Waals surface area (Å²) in [6.07, 6.45) is 27.5. The molecule has 0 N–H and O–H groups in total. The first-order valence-electron chi connectivity index (χ1n) is 12.6. The minimum atomic E-state index is 1.37. The van der Waals surface area contributed by atoms with Gasteiger partial charge in [0.15, 0.2) is 0 Å². The van der Waals surface area contributed by atoms with Gasteiger partial charge in [-0.1, -0.05) is 110 Å². The highest BCUT2D eigenvalue weighted by Gasteiger charge is 1.96. The van der Waals surface area contributed by atoms with Crippen molar-refractivity contribution < 1.29 is 0 Å². The molecule has 0 atom stereocenters. The lowest BCUT2D eigenvalue weighted by Gasteiger charge is -2.04. The predicted molar refractivity (Wildman–Crippen MR) is 134 cm³/mol. The highest BCUT2D eigenvalue weighted by molar-refractivity contribution is 7.99. The average Bonchev–Trinajstić information content (AvgIpc) is 2.68. The van der Waals surface area contributed by atoms with Gasteiger partial charge in [0.1, 0.15) is 0 Å². The van der Waals surface area contributed by atoms with Crippen molar-refractivity contribution >= 4 is 23.5 Å². The van der Waals surface area contributed by atoms with Gasteiger partial charge in [-0.3, -0.25) is 0 Å². The van der Waals surface area contributed by atoms with Gasteiger partial charge in [-0.25, -0.2) is 0 Å². The molecular formula is C25H52S2. The molecule has 0 saturated carbocycles. The molecule has 0 aromatic heterocycles. The molecule has 164 valence electrons. The molecule has 0 rings (SSSR count). The Morgan fingerprint density at radius 3 is 0.815 bits per heavy atom. The standard InChI is InChI=1S/C25H52S2/c1-3-5-7-9-11-13-15-18-22-26-24-20-17-21-25-27-23-19-16-14-12-10-8-6-4-2/h3-25H2,1-2H3. The van der Waals surface area contributed by atoms with Gasteiger partial charge in [0.2, 0.25) is 0 Å². The Kier molecular flexibility index (Phi) is 27.4. The number of thioether (sulfide) groups is 2. The summed E-state index contributed by atoms with van der Waals surface area (Å²) >= 11 is 4.41. The molecule has 0 spiro atoms. The summed E-state index contributed by atoms with van der Waals surface area (Å²) in [5.74, 6) is 5.61. The first-order valence-corrected chi connectivity index (χ1v) is 14.9. The first-order chi connectivity index (χ1) is 13.4. The molecular weight excluding hydrogens is 364 g/mol. The van der Waals surface area contributed by atoms with Crippen LogP contribution in [0.2, 0.25) is 0 Å². The molecule has 0 amide bonds. The molecule has 0 aliphatic rings. The Morgan fingerprint density at radius 1 is 0.296 bits per heavy atom. The molecule has 0 aliphatic carbocycles. The second-order valence-electron chi connectivity index (χ2n) is 8.24. The Hall–Kier alpha value is 0.700. The minimum absolute atomic E-state index is 1.37. The summed E-state index contributed by atoms with van der Waals surface area (Å²) in [5, 5.41) is 0. The van der Waals surface area contributed by atoms with Crippen molar-refractivity contribution in [1.29, 1.82) is 0 Å². The Morgan fingerprint density at radius 2 is 0.519 bits per heavy atom. The summed E-state index contributed by atoms with van der Waals surface area (Å²) in [7, 11) is 0. The maximum Gasteiger partial charge on any atom is -0.00675 e. The predicted octanol–water partition coefficient (Wildman–Crippen LogP) is 9.90. The molecule has 0 radical (unpaired) electrons. The van der Waals surface area contributed by atoms with Crippen molar-refractivity contribution in [2.45, 2.75) is 136 Å². The number of hydrogen-bond acceptors (Lipinski definition) is 2. The molecule has 0 aromatic rings. The smallest absolute Gasteiger partial charge is 0.00675 e. The molecule has 2 heteroatoms. The van der Waals surface area contributed by atoms with E-state index < -0.39 is 0 Å². The number of unbranched alkanes of at least 4 members (excludes halogenated alkanes) is 16. The van der Waals surface area contributed by atoms with Crippen LogP contribution in [-0.2, 0) is 0 Å². The zero-order valence-electron chi connectivity index (χ0n) is 19.1. The van der Waals surface area contributed by atoms with Crippen LogP contribution in [0.15, 0.2) is 0 Å². The van der Waals surface area contributed by atoms with E-state index in [1.165, 1.54) is 145 Å². The van der Waals surface area contributed by atoms with Crippen LogP contribution in [0.25, 0.3) is 0 Å². The molecule has 0 aliphatic heterocycles. The van der Waals surface area contributed by atoms with Crippen molar-refractivity contribution in [3.8, 4) is 0 Å². The van der Waals surface area contributed by atoms with E-state index in [1.54, 1.807) is 0 Å². The van der Waals surface area contributed by atoms with Crippen LogP contribution in [0.5, 0.6) is 0 Å². The van der Waals surface area contributed by atoms with Gasteiger partial charge in [0.05, 0.1) is 0 Å². The van der Waals surface area contributed by atoms with Gasteiger partial charge >= 0.3 is 0 Å². The van der Waals surface area contributed by atoms with Crippen LogP contribution in [0.3, 0.4) is 0 Å². The second kappa shape index (κ2) is 26.7. The lowest BCUT2D eigenvalue weighted by molar-refractivity contribution is 0.586. The van der Waals surface area contributed by atoms with Crippen LogP contribution < -0.4 is 0 Å². The van der Waals surface area contributed by atoms with Crippen molar-refractivity contribution in [2.24, 2.45) is 0 Å². The van der Waals surface area contributed by atoms with Crippen molar-refractivity contribution in [3.05, 3.63) is 0 Å². The van der Waals surface area contributed by atoms with Crippen molar-refractivity contribution in [1.82, 2.24) is 0 Å². The zero-order chi connectivity index (χ0) is 19.7. The third-order valence-electron chi connectivity index (χ3n) is 5.36. The molecule has 0 unspecified atom stereocenters. The largest absolute Gasteiger partial charge is 0.162 e. The van der Waals surface area contributed by atoms with E-state index >= 15 is 0 Å². The fourth-order valence-corrected chi connectivity index (χ4v) is 5.51. The van der Waals surface area contributed by atoms with E-state index in [0.29, 0.717) is 0 Å². The Balaban J connectivity index is 2.95. The number of hydrogen-bond donors (Lipinski definition) is 0. The molecule has 0 saturated heterocycles. The van der Waals surface area contributed by atoms with Crippen LogP contribution in [0.4, 0.5) is 0 Å². The van der Waals surface area contributed by atoms with Crippen LogP contribution >= 0.6 is 23.5 Å². The third-order valence-corrected chi connectivity index (χ3v) is 7.67. The van der Waals surface area contributed by atoms with Gasteiger partial charge in [0, 0.05) is 0 Å². The third kappa shape index (κ3) is 26.7. The monoisotopic (exact) mass is 416 g/mol. The fourth-order valence-electron chi connectivity index (χ4n) is 3.47. The lowest BCUT2D eigenvalue weighted by atomic mass is 10.1. The van der Waals surface area contributed by atoms with E-state index in [-0.39, 0.29) is 0 Å². The van der Waals surface area contributed by atoms with E-state index in [9.17, 15) is 0 Å². The van der Waals surface area contributed by atoms with E-state index in [1.807, 2.05) is 0 Å². The normalized spacial score (nSPS) is 11.3. The topological polar surface area (TPSA) is 0 Å². The quantitative estimate of drug-likeness (QED) is 0.143. The van der Waals surface area contributed by atoms with Crippen LogP contribution in [-0.4, -0.2) is 23.0 Å². The molecule has 0 aromatic carbocycles. The van der Waals surface area contributed by atoms with Gasteiger partial charge in [-0.2, -0.15) is 23.5 Å². The molecule has 27 heavy (non-hydrogen) atoms. The summed E-state index contributed by atoms with van der Waals surface area (Å²) in [4.78, 5) is 0. The first kappa shape index (κ1) is 27.7. The van der Waals surface area contributed by atoms with E-state index in [0.717, 1.165) is 0 Å². The number of rotatable bonds is 24. The van der Waals surface area contributed by atoms with Gasteiger partial charge in [0.25, 0.3) is 0 Å². The minimum Gasteiger partial charge on any atom is -0.162 e. The zero-order valence-corrected chi connectivity index (χ0v) is 20.7. The SMILES string of the molecule is CCCCCCCCCCSCCCCCSCCCCCCCCCC. The lowest BCUT2D eigenvalue weighted by Crippen LogP contribution is -1.89. The van der Waals surface area contributed by atoms with E-state index in [4.69, 9.17) is 0 Å². The fraction of sp³-hybridized carbons (Fsp3) is 1.00. The summed E-state index contributed by atoms with van der Waals surface area (Å²) < 4.78 is 0. The molecule has 0 nitrogen and oxygen atoms in total. The summed E-state index contributed by atoms with van der Waals surface area (Å²) in [6.45, 7) is 4.60. The average molecular weight is 417 g/mol. The van der Waals surface area contributed by atoms with Gasteiger partial charge < -0.3 is 0 Å². The Labute approximate surface area is 182 Å². The van der Waals surface area contributed by atoms with Gasteiger partial charge in [-0.15, -0.1) is 0 Å². The van der Waals surface area contributed by atoms with Crippen LogP contribution in [0.1, 0.15) is 136 Å². The molecule has 0 bridgehead atoms. The van der Waals surface area contributed by atoms with Crippen molar-refractivity contribution in [3.63, 3.8) is 0 Å². The highest BCUT2D eigenvalue weighted by Crippen LogP contribution is 2.15. The maximum atomic E-state index is 2.30. The Bertz CT molecular complexity index is 218. The summed E-state index contributed by atoms with van der Waals surface area (Å²) in [5.41, 5.74) is 0. The van der Waals surface area contributed by atoms with Crippen LogP contribution in [0, 0.1) is 0 Å².